The molecule has 114 valence electrons. The molecule has 1 unspecified atom stereocenters. The van der Waals surface area contributed by atoms with E-state index in [0.29, 0.717) is 11.9 Å². The predicted octanol–water partition coefficient (Wildman–Crippen LogP) is 3.13. The predicted molar refractivity (Wildman–Crippen MR) is 89.6 cm³/mol. The van der Waals surface area contributed by atoms with Gasteiger partial charge in [-0.25, -0.2) is 12.4 Å². The van der Waals surface area contributed by atoms with E-state index in [2.05, 4.69) is 15.9 Å². The molecular formula is C16H14BrNO3S. The topological polar surface area (TPSA) is 59.3 Å². The van der Waals surface area contributed by atoms with E-state index in [-0.39, 0.29) is 4.90 Å². The van der Waals surface area contributed by atoms with Crippen LogP contribution in [0.5, 0.6) is 0 Å². The Morgan fingerprint density at radius 2 is 1.68 bits per heavy atom. The van der Waals surface area contributed by atoms with Crippen molar-refractivity contribution in [2.75, 3.05) is 0 Å². The molecule has 0 fully saturated rings. The van der Waals surface area contributed by atoms with Crippen LogP contribution >= 0.6 is 15.9 Å². The summed E-state index contributed by atoms with van der Waals surface area (Å²) in [7, 11) is -3.66. The average molecular weight is 380 g/mol. The van der Waals surface area contributed by atoms with Crippen LogP contribution in [0.25, 0.3) is 10.9 Å². The minimum Gasteiger partial charge on any atom is -0.382 e. The van der Waals surface area contributed by atoms with Crippen molar-refractivity contribution in [3.8, 4) is 0 Å². The molecule has 1 aromatic heterocycles. The molecule has 1 N–H and O–H groups in total. The molecule has 0 radical (unpaired) electrons. The lowest BCUT2D eigenvalue weighted by Gasteiger charge is -2.07. The van der Waals surface area contributed by atoms with E-state index >= 15 is 0 Å². The van der Waals surface area contributed by atoms with Gasteiger partial charge in [0.2, 0.25) is 0 Å². The van der Waals surface area contributed by atoms with E-state index in [0.717, 1.165) is 10.9 Å². The van der Waals surface area contributed by atoms with Crippen LogP contribution in [0.1, 0.15) is 5.56 Å². The summed E-state index contributed by atoms with van der Waals surface area (Å²) in [4.78, 5) is 0.238. The molecular weight excluding hydrogens is 366 g/mol. The maximum absolute atomic E-state index is 12.8. The number of aliphatic hydroxyl groups is 1. The summed E-state index contributed by atoms with van der Waals surface area (Å²) >= 11 is 3.10. The first-order valence-electron chi connectivity index (χ1n) is 6.72. The molecule has 0 aliphatic rings. The minimum absolute atomic E-state index is 0.238. The molecule has 3 aromatic rings. The fourth-order valence-electron chi connectivity index (χ4n) is 2.47. The number of benzene rings is 2. The number of hydrogen-bond acceptors (Lipinski definition) is 3. The van der Waals surface area contributed by atoms with Crippen molar-refractivity contribution >= 4 is 36.9 Å². The minimum atomic E-state index is -3.66. The van der Waals surface area contributed by atoms with Crippen LogP contribution in [-0.2, 0) is 16.4 Å². The molecule has 2 aromatic carbocycles. The Morgan fingerprint density at radius 1 is 1.05 bits per heavy atom. The van der Waals surface area contributed by atoms with E-state index in [1.807, 2.05) is 12.1 Å². The number of nitrogens with zero attached hydrogens (tertiary/aromatic N) is 1. The monoisotopic (exact) mass is 379 g/mol. The smallest absolute Gasteiger partial charge is 0.268 e. The summed E-state index contributed by atoms with van der Waals surface area (Å²) in [6, 6.07) is 15.6. The SMILES string of the molecule is O=S(=O)(c1ccccc1)n1cc(CC(O)Br)c2ccccc21. The molecule has 0 aliphatic carbocycles. The van der Waals surface area contributed by atoms with Gasteiger partial charge in [-0.15, -0.1) is 0 Å². The number of fused-ring (bicyclic) bond motifs is 1. The molecule has 1 atom stereocenters. The van der Waals surface area contributed by atoms with Gasteiger partial charge in [0.1, 0.15) is 5.01 Å². The highest BCUT2D eigenvalue weighted by atomic mass is 79.9. The van der Waals surface area contributed by atoms with Crippen molar-refractivity contribution in [2.45, 2.75) is 16.3 Å². The summed E-state index contributed by atoms with van der Waals surface area (Å²) in [6.07, 6.45) is 1.91. The Kier molecular flexibility index (Phi) is 4.08. The Hall–Kier alpha value is -1.63. The maximum Gasteiger partial charge on any atom is 0.268 e. The molecule has 0 saturated carbocycles. The number of rotatable bonds is 4. The fraction of sp³-hybridized carbons (Fsp3) is 0.125. The molecule has 22 heavy (non-hydrogen) atoms. The van der Waals surface area contributed by atoms with E-state index in [1.165, 1.54) is 3.97 Å². The van der Waals surface area contributed by atoms with Gasteiger partial charge < -0.3 is 5.11 Å². The molecule has 0 spiro atoms. The van der Waals surface area contributed by atoms with Crippen molar-refractivity contribution in [1.82, 2.24) is 3.97 Å². The van der Waals surface area contributed by atoms with Crippen LogP contribution < -0.4 is 0 Å². The van der Waals surface area contributed by atoms with Gasteiger partial charge >= 0.3 is 0 Å². The third kappa shape index (κ3) is 2.69. The Morgan fingerprint density at radius 3 is 2.36 bits per heavy atom. The van der Waals surface area contributed by atoms with Crippen LogP contribution in [0.4, 0.5) is 0 Å². The standard InChI is InChI=1S/C16H14BrNO3S/c17-16(19)10-12-11-18(15-9-5-4-8-14(12)15)22(20,21)13-6-2-1-3-7-13/h1-9,11,16,19H,10H2. The average Bonchev–Trinajstić information content (AvgIpc) is 2.87. The molecule has 0 saturated heterocycles. The van der Waals surface area contributed by atoms with Gasteiger partial charge in [0, 0.05) is 18.0 Å². The van der Waals surface area contributed by atoms with Crippen molar-refractivity contribution in [2.24, 2.45) is 0 Å². The molecule has 0 aliphatic heterocycles. The van der Waals surface area contributed by atoms with E-state index in [9.17, 15) is 13.5 Å². The van der Waals surface area contributed by atoms with E-state index < -0.39 is 15.0 Å². The molecule has 4 nitrogen and oxygen atoms in total. The lowest BCUT2D eigenvalue weighted by Crippen LogP contribution is -2.11. The summed E-state index contributed by atoms with van der Waals surface area (Å²) in [5.41, 5.74) is 1.38. The van der Waals surface area contributed by atoms with E-state index in [1.54, 1.807) is 48.7 Å². The molecule has 1 heterocycles. The van der Waals surface area contributed by atoms with Crippen molar-refractivity contribution < 1.29 is 13.5 Å². The van der Waals surface area contributed by atoms with Gasteiger partial charge in [0.05, 0.1) is 10.4 Å². The Labute approximate surface area is 137 Å². The fourth-order valence-corrected chi connectivity index (χ4v) is 4.23. The molecule has 0 amide bonds. The summed E-state index contributed by atoms with van der Waals surface area (Å²) in [6.45, 7) is 0. The van der Waals surface area contributed by atoms with Crippen LogP contribution in [0.15, 0.2) is 65.7 Å². The summed E-state index contributed by atoms with van der Waals surface area (Å²) < 4.78 is 27.0. The Balaban J connectivity index is 2.23. The van der Waals surface area contributed by atoms with Crippen LogP contribution in [0, 0.1) is 0 Å². The van der Waals surface area contributed by atoms with Gasteiger partial charge in [-0.05, 0) is 23.8 Å². The molecule has 6 heteroatoms. The number of hydrogen-bond donors (Lipinski definition) is 1. The van der Waals surface area contributed by atoms with Crippen LogP contribution in [-0.4, -0.2) is 22.5 Å². The highest BCUT2D eigenvalue weighted by molar-refractivity contribution is 9.09. The molecule has 3 rings (SSSR count). The zero-order chi connectivity index (χ0) is 15.7. The normalized spacial score (nSPS) is 13.4. The first-order valence-corrected chi connectivity index (χ1v) is 9.07. The van der Waals surface area contributed by atoms with Gasteiger partial charge in [0.15, 0.2) is 0 Å². The van der Waals surface area contributed by atoms with Gasteiger partial charge in [-0.3, -0.25) is 0 Å². The second-order valence-corrected chi connectivity index (χ2v) is 7.80. The number of alkyl halides is 1. The first-order chi connectivity index (χ1) is 10.5. The Bertz CT molecular complexity index is 902. The van der Waals surface area contributed by atoms with Gasteiger partial charge in [-0.1, -0.05) is 52.3 Å². The van der Waals surface area contributed by atoms with Crippen molar-refractivity contribution in [3.63, 3.8) is 0 Å². The number of aliphatic hydroxyl groups excluding tert-OH is 1. The second-order valence-electron chi connectivity index (χ2n) is 4.92. The van der Waals surface area contributed by atoms with Gasteiger partial charge in [-0.2, -0.15) is 0 Å². The quantitative estimate of drug-likeness (QED) is 0.708. The van der Waals surface area contributed by atoms with Gasteiger partial charge in [0.25, 0.3) is 10.0 Å². The summed E-state index contributed by atoms with van der Waals surface area (Å²) in [5, 5.41) is 9.66. The maximum atomic E-state index is 12.8. The highest BCUT2D eigenvalue weighted by Crippen LogP contribution is 2.27. The zero-order valence-corrected chi connectivity index (χ0v) is 14.0. The third-order valence-corrected chi connectivity index (χ3v) is 5.46. The molecule has 0 bridgehead atoms. The first kappa shape index (κ1) is 15.3. The van der Waals surface area contributed by atoms with Crippen LogP contribution in [0.2, 0.25) is 0 Å². The highest BCUT2D eigenvalue weighted by Gasteiger charge is 2.21. The van der Waals surface area contributed by atoms with Crippen LogP contribution in [0.3, 0.4) is 0 Å². The van der Waals surface area contributed by atoms with Crippen molar-refractivity contribution in [1.29, 1.82) is 0 Å². The summed E-state index contributed by atoms with van der Waals surface area (Å²) in [5.74, 6) is 0. The third-order valence-electron chi connectivity index (χ3n) is 3.45. The lowest BCUT2D eigenvalue weighted by molar-refractivity contribution is 0.271. The number of aromatic nitrogens is 1. The zero-order valence-electron chi connectivity index (χ0n) is 11.6. The number of para-hydroxylation sites is 1. The van der Waals surface area contributed by atoms with E-state index in [4.69, 9.17) is 0 Å². The largest absolute Gasteiger partial charge is 0.382 e. The number of halogens is 1. The second kappa shape index (κ2) is 5.87. The van der Waals surface area contributed by atoms with Crippen molar-refractivity contribution in [3.05, 3.63) is 66.4 Å². The lowest BCUT2D eigenvalue weighted by atomic mass is 10.1.